The topological polar surface area (TPSA) is 86.8 Å². The number of nitrogens with zero attached hydrogens (tertiary/aromatic N) is 2. The highest BCUT2D eigenvalue weighted by atomic mass is 32.2. The maximum atomic E-state index is 13.9. The molecule has 0 atom stereocenters. The Morgan fingerprint density at radius 3 is 2.30 bits per heavy atom. The van der Waals surface area contributed by atoms with Crippen LogP contribution in [-0.4, -0.2) is 61.7 Å². The molecule has 0 unspecified atom stereocenters. The number of sulfonamides is 1. The smallest absolute Gasteiger partial charge is 0.256 e. The van der Waals surface area contributed by atoms with Crippen LogP contribution in [0, 0.1) is 5.82 Å². The Hall–Kier alpha value is -2.78. The van der Waals surface area contributed by atoms with Crippen LogP contribution in [0.1, 0.15) is 52.8 Å². The summed E-state index contributed by atoms with van der Waals surface area (Å²) in [5.74, 6) is -1.24. The lowest BCUT2D eigenvalue weighted by Gasteiger charge is -2.32. The van der Waals surface area contributed by atoms with Gasteiger partial charge in [-0.25, -0.2) is 12.8 Å². The van der Waals surface area contributed by atoms with Crippen molar-refractivity contribution in [1.82, 2.24) is 14.5 Å². The molecule has 2 saturated heterocycles. The molecule has 2 fully saturated rings. The zero-order valence-electron chi connectivity index (χ0n) is 18.4. The van der Waals surface area contributed by atoms with Crippen LogP contribution in [0.5, 0.6) is 0 Å². The van der Waals surface area contributed by atoms with Crippen molar-refractivity contribution in [3.05, 3.63) is 65.5 Å². The lowest BCUT2D eigenvalue weighted by atomic mass is 10.0. The van der Waals surface area contributed by atoms with E-state index in [4.69, 9.17) is 0 Å². The third-order valence-electron chi connectivity index (χ3n) is 6.27. The first-order valence-electron chi connectivity index (χ1n) is 11.3. The SMILES string of the molecule is O=C(NC1CCN(C(=O)c2ccccc2F)CC1)c1cccc(S(=O)(=O)N2CCCCC2)c1. The summed E-state index contributed by atoms with van der Waals surface area (Å²) in [4.78, 5) is 27.1. The van der Waals surface area contributed by atoms with Gasteiger partial charge in [-0.15, -0.1) is 0 Å². The number of nitrogens with one attached hydrogen (secondary N) is 1. The second-order valence-corrected chi connectivity index (χ2v) is 10.5. The Balaban J connectivity index is 1.36. The predicted octanol–water partition coefficient (Wildman–Crippen LogP) is 3.03. The number of piperidine rings is 2. The van der Waals surface area contributed by atoms with Gasteiger partial charge in [0.25, 0.3) is 11.8 Å². The Morgan fingerprint density at radius 2 is 1.61 bits per heavy atom. The van der Waals surface area contributed by atoms with E-state index in [0.717, 1.165) is 19.3 Å². The number of hydrogen-bond donors (Lipinski definition) is 1. The van der Waals surface area contributed by atoms with Crippen molar-refractivity contribution in [3.63, 3.8) is 0 Å². The van der Waals surface area contributed by atoms with E-state index >= 15 is 0 Å². The van der Waals surface area contributed by atoms with E-state index in [1.54, 1.807) is 29.2 Å². The maximum absolute atomic E-state index is 13.9. The van der Waals surface area contributed by atoms with Gasteiger partial charge in [-0.3, -0.25) is 9.59 Å². The van der Waals surface area contributed by atoms with Gasteiger partial charge < -0.3 is 10.2 Å². The Labute approximate surface area is 193 Å². The Morgan fingerprint density at radius 1 is 0.909 bits per heavy atom. The number of carbonyl (C=O) groups is 2. The molecule has 1 N–H and O–H groups in total. The van der Waals surface area contributed by atoms with E-state index in [-0.39, 0.29) is 33.9 Å². The number of likely N-dealkylation sites (tertiary alicyclic amines) is 1. The lowest BCUT2D eigenvalue weighted by molar-refractivity contribution is 0.0693. The molecule has 2 aromatic carbocycles. The van der Waals surface area contributed by atoms with Gasteiger partial charge in [0.2, 0.25) is 10.0 Å². The Bertz CT molecular complexity index is 1120. The fraction of sp³-hybridized carbons (Fsp3) is 0.417. The number of halogens is 1. The van der Waals surface area contributed by atoms with Crippen molar-refractivity contribution < 1.29 is 22.4 Å². The molecule has 0 aliphatic carbocycles. The molecule has 4 rings (SSSR count). The minimum atomic E-state index is -3.62. The molecule has 9 heteroatoms. The quantitative estimate of drug-likeness (QED) is 0.723. The molecule has 33 heavy (non-hydrogen) atoms. The van der Waals surface area contributed by atoms with E-state index in [2.05, 4.69) is 5.32 Å². The van der Waals surface area contributed by atoms with Crippen molar-refractivity contribution in [2.24, 2.45) is 0 Å². The van der Waals surface area contributed by atoms with Crippen molar-refractivity contribution in [3.8, 4) is 0 Å². The first kappa shape index (κ1) is 23.4. The molecule has 0 bridgehead atoms. The van der Waals surface area contributed by atoms with Crippen LogP contribution in [0.2, 0.25) is 0 Å². The fourth-order valence-corrected chi connectivity index (χ4v) is 5.92. The van der Waals surface area contributed by atoms with Crippen LogP contribution in [0.15, 0.2) is 53.4 Å². The van der Waals surface area contributed by atoms with E-state index in [1.165, 1.54) is 28.6 Å². The predicted molar refractivity (Wildman–Crippen MR) is 122 cm³/mol. The third-order valence-corrected chi connectivity index (χ3v) is 8.17. The number of benzene rings is 2. The molecule has 2 amide bonds. The summed E-state index contributed by atoms with van der Waals surface area (Å²) in [5.41, 5.74) is 0.338. The molecule has 0 saturated carbocycles. The summed E-state index contributed by atoms with van der Waals surface area (Å²) in [6.07, 6.45) is 3.80. The molecule has 0 spiro atoms. The number of amides is 2. The molecular weight excluding hydrogens is 445 g/mol. The van der Waals surface area contributed by atoms with E-state index in [0.29, 0.717) is 39.0 Å². The highest BCUT2D eigenvalue weighted by Gasteiger charge is 2.28. The number of hydrogen-bond acceptors (Lipinski definition) is 4. The zero-order valence-corrected chi connectivity index (χ0v) is 19.2. The van der Waals surface area contributed by atoms with Crippen LogP contribution < -0.4 is 5.32 Å². The largest absolute Gasteiger partial charge is 0.349 e. The minimum absolute atomic E-state index is 0.0479. The van der Waals surface area contributed by atoms with Gasteiger partial charge in [0.05, 0.1) is 10.5 Å². The highest BCUT2D eigenvalue weighted by molar-refractivity contribution is 7.89. The second kappa shape index (κ2) is 10.0. The molecule has 7 nitrogen and oxygen atoms in total. The van der Waals surface area contributed by atoms with Crippen LogP contribution >= 0.6 is 0 Å². The fourth-order valence-electron chi connectivity index (χ4n) is 4.35. The molecule has 2 aromatic rings. The average molecular weight is 474 g/mol. The summed E-state index contributed by atoms with van der Waals surface area (Å²) in [7, 11) is -3.62. The van der Waals surface area contributed by atoms with Crippen LogP contribution in [-0.2, 0) is 10.0 Å². The minimum Gasteiger partial charge on any atom is -0.349 e. The van der Waals surface area contributed by atoms with Gasteiger partial charge in [0, 0.05) is 37.8 Å². The molecule has 176 valence electrons. The first-order chi connectivity index (χ1) is 15.9. The standard InChI is InChI=1S/C24H28FN3O4S/c25-22-10-3-2-9-21(22)24(30)27-15-11-19(12-16-27)26-23(29)18-7-6-8-20(17-18)33(31,32)28-13-4-1-5-14-28/h2-3,6-10,17,19H,1,4-5,11-16H2,(H,26,29). The van der Waals surface area contributed by atoms with Crippen LogP contribution in [0.4, 0.5) is 4.39 Å². The van der Waals surface area contributed by atoms with Crippen molar-refractivity contribution >= 4 is 21.8 Å². The number of rotatable bonds is 5. The van der Waals surface area contributed by atoms with Gasteiger partial charge in [0.15, 0.2) is 0 Å². The van der Waals surface area contributed by atoms with E-state index < -0.39 is 15.8 Å². The summed E-state index contributed by atoms with van der Waals surface area (Å²) in [6, 6.07) is 11.9. The van der Waals surface area contributed by atoms with E-state index in [9.17, 15) is 22.4 Å². The number of carbonyl (C=O) groups excluding carboxylic acids is 2. The van der Waals surface area contributed by atoms with Gasteiger partial charge in [-0.2, -0.15) is 4.31 Å². The zero-order chi connectivity index (χ0) is 23.4. The summed E-state index contributed by atoms with van der Waals surface area (Å²) >= 11 is 0. The van der Waals surface area contributed by atoms with Crippen molar-refractivity contribution in [2.75, 3.05) is 26.2 Å². The molecule has 2 heterocycles. The molecule has 0 aromatic heterocycles. The first-order valence-corrected chi connectivity index (χ1v) is 12.7. The van der Waals surface area contributed by atoms with Gasteiger partial charge in [-0.1, -0.05) is 24.6 Å². The summed E-state index contributed by atoms with van der Waals surface area (Å²) in [6.45, 7) is 1.81. The summed E-state index contributed by atoms with van der Waals surface area (Å²) in [5, 5.41) is 2.94. The monoisotopic (exact) mass is 473 g/mol. The van der Waals surface area contributed by atoms with Gasteiger partial charge in [-0.05, 0) is 56.0 Å². The average Bonchev–Trinajstić information content (AvgIpc) is 2.85. The molecular formula is C24H28FN3O4S. The lowest BCUT2D eigenvalue weighted by Crippen LogP contribution is -2.46. The normalized spacial score (nSPS) is 18.2. The van der Waals surface area contributed by atoms with Crippen molar-refractivity contribution in [1.29, 1.82) is 0 Å². The van der Waals surface area contributed by atoms with Crippen LogP contribution in [0.25, 0.3) is 0 Å². The van der Waals surface area contributed by atoms with Gasteiger partial charge >= 0.3 is 0 Å². The molecule has 2 aliphatic heterocycles. The third kappa shape index (κ3) is 5.25. The summed E-state index contributed by atoms with van der Waals surface area (Å²) < 4.78 is 41.2. The molecule has 0 radical (unpaired) electrons. The Kier molecular flexibility index (Phi) is 7.09. The van der Waals surface area contributed by atoms with Gasteiger partial charge in [0.1, 0.15) is 5.82 Å². The highest BCUT2D eigenvalue weighted by Crippen LogP contribution is 2.22. The van der Waals surface area contributed by atoms with Crippen molar-refractivity contribution in [2.45, 2.75) is 43.0 Å². The second-order valence-electron chi connectivity index (χ2n) is 8.51. The van der Waals surface area contributed by atoms with Crippen LogP contribution in [0.3, 0.4) is 0 Å². The maximum Gasteiger partial charge on any atom is 0.256 e. The molecule has 2 aliphatic rings. The van der Waals surface area contributed by atoms with E-state index in [1.807, 2.05) is 0 Å².